The fourth-order valence-electron chi connectivity index (χ4n) is 2.38. The SMILES string of the molecule is Cc1ccc(S(C)(=O)=O)cc1C(=O)O[C@@H](C)C(=O)Nc1ccnn1C(C)C. The van der Waals surface area contributed by atoms with Crippen LogP contribution < -0.4 is 5.32 Å². The molecule has 0 fully saturated rings. The van der Waals surface area contributed by atoms with Crippen LogP contribution in [0.5, 0.6) is 0 Å². The second-order valence-electron chi connectivity index (χ2n) is 6.54. The Bertz CT molecular complexity index is 963. The highest BCUT2D eigenvalue weighted by molar-refractivity contribution is 7.90. The second kappa shape index (κ2) is 7.91. The van der Waals surface area contributed by atoms with E-state index < -0.39 is 27.8 Å². The number of carbonyl (C=O) groups is 2. The average molecular weight is 393 g/mol. The summed E-state index contributed by atoms with van der Waals surface area (Å²) in [6.45, 7) is 6.95. The van der Waals surface area contributed by atoms with Crippen molar-refractivity contribution >= 4 is 27.5 Å². The molecule has 0 bridgehead atoms. The zero-order valence-electron chi connectivity index (χ0n) is 15.9. The van der Waals surface area contributed by atoms with Crippen molar-refractivity contribution in [2.24, 2.45) is 0 Å². The summed E-state index contributed by atoms with van der Waals surface area (Å²) in [6, 6.07) is 5.90. The van der Waals surface area contributed by atoms with Crippen molar-refractivity contribution in [3.8, 4) is 0 Å². The van der Waals surface area contributed by atoms with Gasteiger partial charge in [-0.15, -0.1) is 0 Å². The number of nitrogens with zero attached hydrogens (tertiary/aromatic N) is 2. The van der Waals surface area contributed by atoms with Crippen LogP contribution in [0.25, 0.3) is 0 Å². The summed E-state index contributed by atoms with van der Waals surface area (Å²) in [5.74, 6) is -0.783. The predicted molar refractivity (Wildman–Crippen MR) is 100 cm³/mol. The van der Waals surface area contributed by atoms with E-state index in [9.17, 15) is 18.0 Å². The van der Waals surface area contributed by atoms with Gasteiger partial charge in [-0.3, -0.25) is 4.79 Å². The number of hydrogen-bond acceptors (Lipinski definition) is 6. The van der Waals surface area contributed by atoms with E-state index in [0.29, 0.717) is 11.4 Å². The van der Waals surface area contributed by atoms with E-state index in [-0.39, 0.29) is 16.5 Å². The summed E-state index contributed by atoms with van der Waals surface area (Å²) in [5.41, 5.74) is 0.655. The van der Waals surface area contributed by atoms with E-state index >= 15 is 0 Å². The Hall–Kier alpha value is -2.68. The lowest BCUT2D eigenvalue weighted by molar-refractivity contribution is -0.123. The van der Waals surface area contributed by atoms with Crippen molar-refractivity contribution in [1.82, 2.24) is 9.78 Å². The van der Waals surface area contributed by atoms with Gasteiger partial charge in [-0.25, -0.2) is 17.9 Å². The molecule has 2 aromatic rings. The van der Waals surface area contributed by atoms with Gasteiger partial charge in [-0.1, -0.05) is 6.07 Å². The van der Waals surface area contributed by atoms with E-state index in [0.717, 1.165) is 6.26 Å². The maximum absolute atomic E-state index is 12.4. The Morgan fingerprint density at radius 3 is 2.44 bits per heavy atom. The van der Waals surface area contributed by atoms with Crippen molar-refractivity contribution in [3.05, 3.63) is 41.6 Å². The van der Waals surface area contributed by atoms with Crippen molar-refractivity contribution in [2.45, 2.75) is 44.7 Å². The number of esters is 1. The normalized spacial score (nSPS) is 12.7. The molecule has 9 heteroatoms. The third-order valence-corrected chi connectivity index (χ3v) is 5.03. The standard InChI is InChI=1S/C18H23N3O5S/c1-11(2)21-16(8-9-19-21)20-17(22)13(4)26-18(23)15-10-14(27(5,24)25)7-6-12(15)3/h6-11,13H,1-5H3,(H,20,22)/t13-/m0/s1. The minimum absolute atomic E-state index is 0.0120. The Morgan fingerprint density at radius 1 is 1.19 bits per heavy atom. The zero-order chi connectivity index (χ0) is 20.4. The van der Waals surface area contributed by atoms with Gasteiger partial charge >= 0.3 is 5.97 Å². The molecule has 0 aliphatic rings. The molecule has 1 amide bonds. The molecule has 0 aliphatic carbocycles. The minimum atomic E-state index is -3.46. The van der Waals surface area contributed by atoms with Gasteiger partial charge in [0.05, 0.1) is 16.7 Å². The molecule has 27 heavy (non-hydrogen) atoms. The van der Waals surface area contributed by atoms with Crippen LogP contribution in [0.2, 0.25) is 0 Å². The number of sulfone groups is 1. The molecule has 0 spiro atoms. The minimum Gasteiger partial charge on any atom is -0.449 e. The summed E-state index contributed by atoms with van der Waals surface area (Å²) < 4.78 is 30.2. The monoisotopic (exact) mass is 393 g/mol. The van der Waals surface area contributed by atoms with Crippen LogP contribution in [-0.2, 0) is 19.4 Å². The molecule has 146 valence electrons. The predicted octanol–water partition coefficient (Wildman–Crippen LogP) is 2.36. The number of anilines is 1. The number of rotatable bonds is 6. The van der Waals surface area contributed by atoms with Crippen LogP contribution in [0.4, 0.5) is 5.82 Å². The topological polar surface area (TPSA) is 107 Å². The lowest BCUT2D eigenvalue weighted by Crippen LogP contribution is -2.31. The first-order chi connectivity index (χ1) is 12.5. The number of hydrogen-bond donors (Lipinski definition) is 1. The highest BCUT2D eigenvalue weighted by atomic mass is 32.2. The van der Waals surface area contributed by atoms with Crippen LogP contribution >= 0.6 is 0 Å². The first kappa shape index (κ1) is 20.6. The smallest absolute Gasteiger partial charge is 0.339 e. The van der Waals surface area contributed by atoms with Crippen LogP contribution in [0, 0.1) is 6.92 Å². The highest BCUT2D eigenvalue weighted by Gasteiger charge is 2.22. The lowest BCUT2D eigenvalue weighted by atomic mass is 10.1. The molecule has 2 rings (SSSR count). The molecular weight excluding hydrogens is 370 g/mol. The first-order valence-corrected chi connectivity index (χ1v) is 10.3. The zero-order valence-corrected chi connectivity index (χ0v) is 16.7. The molecule has 1 aromatic heterocycles. The van der Waals surface area contributed by atoms with Gasteiger partial charge in [0.25, 0.3) is 5.91 Å². The number of amides is 1. The second-order valence-corrected chi connectivity index (χ2v) is 8.56. The lowest BCUT2D eigenvalue weighted by Gasteiger charge is -2.16. The van der Waals surface area contributed by atoms with Gasteiger partial charge < -0.3 is 10.1 Å². The summed E-state index contributed by atoms with van der Waals surface area (Å²) >= 11 is 0. The van der Waals surface area contributed by atoms with E-state index in [2.05, 4.69) is 10.4 Å². The Labute approximate surface area is 158 Å². The highest BCUT2D eigenvalue weighted by Crippen LogP contribution is 2.18. The maximum Gasteiger partial charge on any atom is 0.339 e. The first-order valence-electron chi connectivity index (χ1n) is 8.36. The number of ether oxygens (including phenoxy) is 1. The van der Waals surface area contributed by atoms with E-state index in [1.165, 1.54) is 25.1 Å². The Kier molecular flexibility index (Phi) is 6.04. The van der Waals surface area contributed by atoms with Gasteiger partial charge in [0.15, 0.2) is 15.9 Å². The molecule has 1 aromatic carbocycles. The molecule has 0 unspecified atom stereocenters. The number of benzene rings is 1. The van der Waals surface area contributed by atoms with E-state index in [4.69, 9.17) is 4.74 Å². The van der Waals surface area contributed by atoms with Gasteiger partial charge in [-0.2, -0.15) is 5.10 Å². The van der Waals surface area contributed by atoms with Crippen molar-refractivity contribution in [2.75, 3.05) is 11.6 Å². The summed E-state index contributed by atoms with van der Waals surface area (Å²) in [5, 5.41) is 6.79. The molecular formula is C18H23N3O5S. The third kappa shape index (κ3) is 4.94. The molecule has 1 N–H and O–H groups in total. The van der Waals surface area contributed by atoms with Crippen LogP contribution in [0.15, 0.2) is 35.4 Å². The number of aryl methyl sites for hydroxylation is 1. The molecule has 8 nitrogen and oxygen atoms in total. The quantitative estimate of drug-likeness (QED) is 0.755. The largest absolute Gasteiger partial charge is 0.449 e. The van der Waals surface area contributed by atoms with Crippen molar-refractivity contribution in [1.29, 1.82) is 0 Å². The molecule has 0 saturated heterocycles. The number of aromatic nitrogens is 2. The molecule has 0 radical (unpaired) electrons. The number of nitrogens with one attached hydrogen (secondary N) is 1. The molecule has 0 saturated carbocycles. The van der Waals surface area contributed by atoms with Crippen molar-refractivity contribution < 1.29 is 22.7 Å². The summed E-state index contributed by atoms with van der Waals surface area (Å²) in [4.78, 5) is 24.8. The van der Waals surface area contributed by atoms with Gasteiger partial charge in [0.2, 0.25) is 0 Å². The maximum atomic E-state index is 12.4. The Balaban J connectivity index is 2.13. The molecule has 1 heterocycles. The van der Waals surface area contributed by atoms with E-state index in [1.807, 2.05) is 13.8 Å². The number of carbonyl (C=O) groups excluding carboxylic acids is 2. The van der Waals surface area contributed by atoms with Crippen LogP contribution in [-0.4, -0.2) is 42.4 Å². The van der Waals surface area contributed by atoms with Crippen LogP contribution in [0.3, 0.4) is 0 Å². The van der Waals surface area contributed by atoms with Gasteiger partial charge in [0.1, 0.15) is 5.82 Å². The molecule has 1 atom stereocenters. The van der Waals surface area contributed by atoms with Gasteiger partial charge in [0, 0.05) is 18.4 Å². The summed E-state index contributed by atoms with van der Waals surface area (Å²) in [7, 11) is -3.46. The fraction of sp³-hybridized carbons (Fsp3) is 0.389. The Morgan fingerprint density at radius 2 is 1.85 bits per heavy atom. The summed E-state index contributed by atoms with van der Waals surface area (Å²) in [6.07, 6.45) is 1.54. The van der Waals surface area contributed by atoms with Crippen LogP contribution in [0.1, 0.15) is 42.7 Å². The van der Waals surface area contributed by atoms with E-state index in [1.54, 1.807) is 23.9 Å². The van der Waals surface area contributed by atoms with Crippen molar-refractivity contribution in [3.63, 3.8) is 0 Å². The molecule has 0 aliphatic heterocycles. The third-order valence-electron chi connectivity index (χ3n) is 3.92. The fourth-order valence-corrected chi connectivity index (χ4v) is 3.03. The van der Waals surface area contributed by atoms with Gasteiger partial charge in [-0.05, 0) is 45.4 Å². The average Bonchev–Trinajstić information content (AvgIpc) is 3.02.